The first-order chi connectivity index (χ1) is 21.6. The van der Waals surface area contributed by atoms with E-state index < -0.39 is 29.6 Å². The molecule has 0 saturated heterocycles. The van der Waals surface area contributed by atoms with E-state index in [2.05, 4.69) is 202 Å². The van der Waals surface area contributed by atoms with Crippen LogP contribution in [0.3, 0.4) is 0 Å². The van der Waals surface area contributed by atoms with Crippen LogP contribution in [0.5, 0.6) is 0 Å². The zero-order valence-electron chi connectivity index (χ0n) is 29.2. The predicted octanol–water partition coefficient (Wildman–Crippen LogP) is 10.1. The summed E-state index contributed by atoms with van der Waals surface area (Å²) < 4.78 is 0. The van der Waals surface area contributed by atoms with Crippen LogP contribution in [0.1, 0.15) is 51.4 Å². The normalized spacial score (nSPS) is 11.4. The standard InChI is InChI=1S/C43H46Si3/c1-11-12-35-13-21-39(22-14-35)43(40-23-15-36(16-24-40)29-32-44(2,3)4,41-25-17-37(18-26-41)30-33-45(5,6)7)42-27-19-38(20-28-42)31-34-46(8,9)10/h13-28H,1-10H3. The topological polar surface area (TPSA) is 0 Å². The Labute approximate surface area is 282 Å². The van der Waals surface area contributed by atoms with Gasteiger partial charge in [-0.3, -0.25) is 0 Å². The van der Waals surface area contributed by atoms with Crippen molar-refractivity contribution in [3.05, 3.63) is 142 Å². The van der Waals surface area contributed by atoms with Gasteiger partial charge in [-0.1, -0.05) is 131 Å². The first-order valence-electron chi connectivity index (χ1n) is 16.0. The number of benzene rings is 4. The van der Waals surface area contributed by atoms with E-state index in [1.54, 1.807) is 0 Å². The number of rotatable bonds is 4. The lowest BCUT2D eigenvalue weighted by Gasteiger charge is -2.37. The van der Waals surface area contributed by atoms with Crippen molar-refractivity contribution in [1.29, 1.82) is 0 Å². The summed E-state index contributed by atoms with van der Waals surface area (Å²) in [6, 6.07) is 35.3. The van der Waals surface area contributed by atoms with Crippen molar-refractivity contribution < 1.29 is 0 Å². The van der Waals surface area contributed by atoms with Crippen molar-refractivity contribution >= 4 is 24.2 Å². The molecule has 0 aliphatic heterocycles. The summed E-state index contributed by atoms with van der Waals surface area (Å²) in [5.74, 6) is 16.6. The lowest BCUT2D eigenvalue weighted by atomic mass is 9.65. The second-order valence-electron chi connectivity index (χ2n) is 14.9. The number of hydrogen-bond acceptors (Lipinski definition) is 0. The van der Waals surface area contributed by atoms with Crippen LogP contribution < -0.4 is 0 Å². The van der Waals surface area contributed by atoms with Gasteiger partial charge >= 0.3 is 0 Å². The van der Waals surface area contributed by atoms with E-state index in [-0.39, 0.29) is 0 Å². The molecule has 0 heterocycles. The number of hydrogen-bond donors (Lipinski definition) is 0. The lowest BCUT2D eigenvalue weighted by Crippen LogP contribution is -2.31. The molecular formula is C43H46Si3. The van der Waals surface area contributed by atoms with Crippen LogP contribution in [-0.4, -0.2) is 24.2 Å². The molecule has 0 nitrogen and oxygen atoms in total. The zero-order valence-corrected chi connectivity index (χ0v) is 32.2. The first kappa shape index (κ1) is 34.6. The second kappa shape index (κ2) is 14.0. The molecule has 46 heavy (non-hydrogen) atoms. The highest BCUT2D eigenvalue weighted by molar-refractivity contribution is 6.84. The van der Waals surface area contributed by atoms with E-state index in [0.717, 1.165) is 22.3 Å². The van der Waals surface area contributed by atoms with Gasteiger partial charge in [-0.2, -0.15) is 0 Å². The van der Waals surface area contributed by atoms with Crippen molar-refractivity contribution in [2.45, 2.75) is 71.3 Å². The average molecular weight is 647 g/mol. The average Bonchev–Trinajstić information content (AvgIpc) is 3.00. The third-order valence-corrected chi connectivity index (χ3v) is 9.91. The summed E-state index contributed by atoms with van der Waals surface area (Å²) in [6.07, 6.45) is 0. The Morgan fingerprint density at radius 3 is 0.761 bits per heavy atom. The molecule has 0 fully saturated rings. The minimum Gasteiger partial charge on any atom is -0.127 e. The van der Waals surface area contributed by atoms with Gasteiger partial charge in [0.15, 0.2) is 0 Å². The van der Waals surface area contributed by atoms with Crippen LogP contribution in [0.2, 0.25) is 58.9 Å². The largest absolute Gasteiger partial charge is 0.129 e. The molecule has 0 N–H and O–H groups in total. The molecule has 0 aromatic heterocycles. The summed E-state index contributed by atoms with van der Waals surface area (Å²) in [6.45, 7) is 22.4. The van der Waals surface area contributed by atoms with E-state index in [1.807, 2.05) is 6.92 Å². The van der Waals surface area contributed by atoms with E-state index in [1.165, 1.54) is 22.3 Å². The van der Waals surface area contributed by atoms with E-state index in [9.17, 15) is 0 Å². The van der Waals surface area contributed by atoms with Gasteiger partial charge in [0.2, 0.25) is 0 Å². The van der Waals surface area contributed by atoms with E-state index >= 15 is 0 Å². The maximum atomic E-state index is 3.52. The Morgan fingerprint density at radius 1 is 0.348 bits per heavy atom. The van der Waals surface area contributed by atoms with E-state index in [0.29, 0.717) is 0 Å². The smallest absolute Gasteiger partial charge is 0.127 e. The SMILES string of the molecule is CC#Cc1ccc(C(c2ccc(C#C[Si](C)(C)C)cc2)(c2ccc(C#C[Si](C)(C)C)cc2)c2ccc(C#C[Si](C)(C)C)cc2)cc1. The maximum absolute atomic E-state index is 3.52. The Balaban J connectivity index is 2.02. The Morgan fingerprint density at radius 2 is 0.565 bits per heavy atom. The third-order valence-electron chi connectivity index (χ3n) is 7.29. The second-order valence-corrected chi connectivity index (χ2v) is 29.2. The lowest BCUT2D eigenvalue weighted by molar-refractivity contribution is 0.744. The molecule has 0 spiro atoms. The van der Waals surface area contributed by atoms with Crippen molar-refractivity contribution in [3.63, 3.8) is 0 Å². The summed E-state index contributed by atoms with van der Waals surface area (Å²) in [4.78, 5) is 0. The molecule has 0 unspecified atom stereocenters. The van der Waals surface area contributed by atoms with Crippen molar-refractivity contribution in [2.75, 3.05) is 0 Å². The van der Waals surface area contributed by atoms with Gasteiger partial charge < -0.3 is 0 Å². The van der Waals surface area contributed by atoms with Gasteiger partial charge in [0.05, 0.1) is 5.41 Å². The predicted molar refractivity (Wildman–Crippen MR) is 208 cm³/mol. The molecule has 3 heteroatoms. The molecule has 4 rings (SSSR count). The minimum atomic E-state index is -1.50. The summed E-state index contributed by atoms with van der Waals surface area (Å²) in [5, 5.41) is 0. The monoisotopic (exact) mass is 646 g/mol. The van der Waals surface area contributed by atoms with Crippen molar-refractivity contribution in [2.24, 2.45) is 0 Å². The molecule has 4 aromatic carbocycles. The fourth-order valence-corrected chi connectivity index (χ4v) is 6.70. The van der Waals surface area contributed by atoms with Crippen LogP contribution in [0.25, 0.3) is 0 Å². The molecule has 0 saturated carbocycles. The van der Waals surface area contributed by atoms with Crippen molar-refractivity contribution in [1.82, 2.24) is 0 Å². The quantitative estimate of drug-likeness (QED) is 0.118. The summed E-state index contributed by atoms with van der Waals surface area (Å²) in [7, 11) is -4.50. The van der Waals surface area contributed by atoms with Gasteiger partial charge in [0.25, 0.3) is 0 Å². The molecule has 0 bridgehead atoms. The molecule has 4 aromatic rings. The molecule has 0 radical (unpaired) electrons. The molecule has 0 atom stereocenters. The van der Waals surface area contributed by atoms with Crippen molar-refractivity contribution in [3.8, 4) is 46.2 Å². The van der Waals surface area contributed by atoms with Gasteiger partial charge in [-0.05, 0) is 77.7 Å². The summed E-state index contributed by atoms with van der Waals surface area (Å²) in [5.41, 5.74) is 18.8. The third kappa shape index (κ3) is 9.16. The van der Waals surface area contributed by atoms with Crippen LogP contribution in [-0.2, 0) is 5.41 Å². The van der Waals surface area contributed by atoms with E-state index in [4.69, 9.17) is 0 Å². The van der Waals surface area contributed by atoms with Crippen LogP contribution in [0.15, 0.2) is 97.1 Å². The van der Waals surface area contributed by atoms with Crippen LogP contribution in [0, 0.1) is 46.2 Å². The Bertz CT molecular complexity index is 1730. The Kier molecular flexibility index (Phi) is 10.6. The molecule has 0 aliphatic rings. The van der Waals surface area contributed by atoms with Crippen LogP contribution in [0.4, 0.5) is 0 Å². The fraction of sp³-hybridized carbons (Fsp3) is 0.256. The zero-order chi connectivity index (χ0) is 33.6. The molecular weight excluding hydrogens is 601 g/mol. The molecule has 0 amide bonds. The van der Waals surface area contributed by atoms with Gasteiger partial charge in [-0.25, -0.2) is 0 Å². The first-order valence-corrected chi connectivity index (χ1v) is 26.5. The van der Waals surface area contributed by atoms with Gasteiger partial charge in [-0.15, -0.1) is 22.6 Å². The highest BCUT2D eigenvalue weighted by Crippen LogP contribution is 2.45. The highest BCUT2D eigenvalue weighted by Gasteiger charge is 2.38. The fourth-order valence-electron chi connectivity index (χ4n) is 5.14. The summed E-state index contributed by atoms with van der Waals surface area (Å²) >= 11 is 0. The van der Waals surface area contributed by atoms with Crippen LogP contribution >= 0.6 is 0 Å². The highest BCUT2D eigenvalue weighted by atomic mass is 28.3. The van der Waals surface area contributed by atoms with Gasteiger partial charge in [0.1, 0.15) is 24.2 Å². The molecule has 230 valence electrons. The van der Waals surface area contributed by atoms with Gasteiger partial charge in [0, 0.05) is 22.3 Å². The maximum Gasteiger partial charge on any atom is 0.129 e. The minimum absolute atomic E-state index is 0.585. The molecule has 0 aliphatic carbocycles. The Hall–Kier alpha value is -4.23.